The standard InChI is InChI=1S/C24H34O4.C17H26O3.C8H12O.I3/c1-14-15(2)18(12-17(14)25)27-13-16-20-23(5)10-7-9-22(3,4)19(23)8-11-24(20,6)28-21(16)26;1-15(2)7-5-8-16(3)12(15)6-9-17(4)13(16)11(10-18)14(19)20-17;1-5-4-8(9)7(3)6(5)2;1-3-2/h13,18-20H,7-12H2,1-6H3;10,12-13,18H,5-9H2,1-4H3;5H,4H2,1-3H3;/q;;;-1/b16-13+;11-10+;;/t18?,19-,20+,23-,24+;12-,13+,16-,17+;;/m00../s1. The van der Waals surface area contributed by atoms with Crippen LogP contribution in [0.4, 0.5) is 0 Å². The third kappa shape index (κ3) is 9.13. The van der Waals surface area contributed by atoms with Crippen LogP contribution in [0.2, 0.25) is 0 Å². The number of carbonyl (C=O) groups is 4. The number of rotatable bonds is 2. The number of ketones is 2. The number of carbonyl (C=O) groups excluding carboxylic acids is 4. The summed E-state index contributed by atoms with van der Waals surface area (Å²) >= 11 is 5.30. The van der Waals surface area contributed by atoms with Crippen molar-refractivity contribution < 1.29 is 51.8 Å². The van der Waals surface area contributed by atoms with Gasteiger partial charge in [0.25, 0.3) is 0 Å². The summed E-state index contributed by atoms with van der Waals surface area (Å²) in [4.78, 5) is 47.9. The van der Waals surface area contributed by atoms with Crippen molar-refractivity contribution in [1.82, 2.24) is 0 Å². The van der Waals surface area contributed by atoms with Gasteiger partial charge in [-0.2, -0.15) is 0 Å². The molecule has 11 heteroatoms. The van der Waals surface area contributed by atoms with Gasteiger partial charge in [0.15, 0.2) is 11.6 Å². The Morgan fingerprint density at radius 1 is 0.650 bits per heavy atom. The molecule has 6 fully saturated rings. The summed E-state index contributed by atoms with van der Waals surface area (Å²) in [5.74, 6) is 1.66. The monoisotopic (exact) mass is 1170 g/mol. The van der Waals surface area contributed by atoms with Gasteiger partial charge >= 0.3 is 62.4 Å². The zero-order valence-electron chi connectivity index (χ0n) is 38.5. The second kappa shape index (κ2) is 18.5. The second-order valence-corrected chi connectivity index (χ2v) is 38.0. The minimum atomic E-state index is -0.447. The molecule has 2 heterocycles. The first-order chi connectivity index (χ1) is 27.8. The number of Topliss-reactive ketones (excluding diaryl/α,β-unsaturated/α-hetero) is 2. The number of esters is 2. The molecule has 2 unspecified atom stereocenters. The molecule has 8 rings (SSSR count). The predicted octanol–water partition coefficient (Wildman–Crippen LogP) is 9.82. The fraction of sp³-hybridized carbons (Fsp3) is 0.755. The van der Waals surface area contributed by atoms with Crippen LogP contribution < -0.4 is 13.3 Å². The van der Waals surface area contributed by atoms with E-state index in [0.717, 1.165) is 67.9 Å². The van der Waals surface area contributed by atoms with E-state index >= 15 is 0 Å². The number of halogens is 3. The zero-order valence-corrected chi connectivity index (χ0v) is 45.0. The fourth-order valence-electron chi connectivity index (χ4n) is 14.0. The van der Waals surface area contributed by atoms with E-state index in [0.29, 0.717) is 59.8 Å². The third-order valence-corrected chi connectivity index (χ3v) is 17.3. The molecule has 2 aliphatic heterocycles. The Bertz CT molecular complexity index is 1860. The molecule has 0 spiro atoms. The van der Waals surface area contributed by atoms with Crippen LogP contribution in [0.5, 0.6) is 0 Å². The van der Waals surface area contributed by atoms with Crippen LogP contribution >= 0.6 is 37.2 Å². The van der Waals surface area contributed by atoms with E-state index in [4.69, 9.17) is 14.2 Å². The Hall–Kier alpha value is -0.970. The van der Waals surface area contributed by atoms with Crippen molar-refractivity contribution in [1.29, 1.82) is 0 Å². The molecule has 10 atom stereocenters. The Labute approximate surface area is 390 Å². The quantitative estimate of drug-likeness (QED) is 0.126. The molecular formula is C49H72I3O8-. The number of ether oxygens (including phenoxy) is 3. The minimum absolute atomic E-state index is 0.0302. The molecule has 0 bridgehead atoms. The normalized spacial score (nSPS) is 41.2. The first kappa shape index (κ1) is 50.0. The topological polar surface area (TPSA) is 116 Å². The summed E-state index contributed by atoms with van der Waals surface area (Å²) in [7, 11) is 0. The molecule has 0 radical (unpaired) electrons. The molecule has 8 nitrogen and oxygen atoms in total. The molecular weight excluding hydrogens is 1100 g/mol. The average molecular weight is 1170 g/mol. The summed E-state index contributed by atoms with van der Waals surface area (Å²) in [5.41, 5.74) is 5.00. The third-order valence-electron chi connectivity index (χ3n) is 17.3. The molecule has 8 aliphatic rings. The maximum absolute atomic E-state index is 12.9. The predicted molar refractivity (Wildman–Crippen MR) is 250 cm³/mol. The summed E-state index contributed by atoms with van der Waals surface area (Å²) in [6.45, 7) is 28.2. The fourth-order valence-corrected chi connectivity index (χ4v) is 14.0. The van der Waals surface area contributed by atoms with Gasteiger partial charge in [0.2, 0.25) is 0 Å². The van der Waals surface area contributed by atoms with Crippen LogP contribution in [0.15, 0.2) is 46.0 Å². The van der Waals surface area contributed by atoms with Crippen molar-refractivity contribution in [3.8, 4) is 0 Å². The van der Waals surface area contributed by atoms with E-state index in [1.807, 2.05) is 27.7 Å². The van der Waals surface area contributed by atoms with Gasteiger partial charge in [0, 0.05) is 18.3 Å². The molecule has 60 heavy (non-hydrogen) atoms. The van der Waals surface area contributed by atoms with Crippen molar-refractivity contribution in [3.63, 3.8) is 0 Å². The Morgan fingerprint density at radius 3 is 1.43 bits per heavy atom. The molecule has 0 aromatic heterocycles. The van der Waals surface area contributed by atoms with Crippen LogP contribution in [0.3, 0.4) is 0 Å². The van der Waals surface area contributed by atoms with Gasteiger partial charge in [-0.1, -0.05) is 66.9 Å². The van der Waals surface area contributed by atoms with Gasteiger partial charge in [-0.3, -0.25) is 9.59 Å². The summed E-state index contributed by atoms with van der Waals surface area (Å²) in [6.07, 6.45) is 14.7. The van der Waals surface area contributed by atoms with Gasteiger partial charge in [-0.05, 0) is 149 Å². The molecule has 6 aliphatic carbocycles. The molecule has 338 valence electrons. The van der Waals surface area contributed by atoms with E-state index in [9.17, 15) is 24.3 Å². The van der Waals surface area contributed by atoms with E-state index in [-0.39, 0.29) is 51.9 Å². The number of aliphatic hydroxyl groups is 1. The number of hydrogen-bond acceptors (Lipinski definition) is 8. The van der Waals surface area contributed by atoms with Crippen molar-refractivity contribution in [2.45, 2.75) is 184 Å². The second-order valence-electron chi connectivity index (χ2n) is 21.8. The molecule has 0 aromatic rings. The van der Waals surface area contributed by atoms with E-state index in [2.05, 4.69) is 99.5 Å². The van der Waals surface area contributed by atoms with E-state index < -0.39 is 11.2 Å². The summed E-state index contributed by atoms with van der Waals surface area (Å²) in [5, 5.41) is 9.56. The van der Waals surface area contributed by atoms with E-state index in [1.54, 1.807) is 6.26 Å². The SMILES string of the molecule is CC1(C)CCC[C@]2(C)[C@H]3/C(=C\O)C(=O)O[C@]3(C)CC[C@@H]12.CC1=C(C)C(C)CC1=O.CC1=C(C)C(O/C=C2/C(=O)O[C@]3(C)CC[C@H]4C(C)(C)CCC[C@]4(C)[C@@H]23)CC1=O.I[I-]I. The number of hydrogen-bond donors (Lipinski definition) is 1. The first-order valence-electron chi connectivity index (χ1n) is 22.2. The van der Waals surface area contributed by atoms with Crippen LogP contribution in [-0.4, -0.2) is 45.9 Å². The average Bonchev–Trinajstić information content (AvgIpc) is 3.76. The number of allylic oxidation sites excluding steroid dienone is 3. The van der Waals surface area contributed by atoms with Crippen LogP contribution in [0, 0.1) is 51.2 Å². The molecule has 0 aromatic carbocycles. The summed E-state index contributed by atoms with van der Waals surface area (Å²) < 4.78 is 17.7. The number of aliphatic hydroxyl groups excluding tert-OH is 1. The van der Waals surface area contributed by atoms with Crippen molar-refractivity contribution in [2.24, 2.45) is 51.2 Å². The van der Waals surface area contributed by atoms with Crippen LogP contribution in [-0.2, 0) is 33.4 Å². The molecule has 2 saturated heterocycles. The van der Waals surface area contributed by atoms with Gasteiger partial charge in [0.05, 0.1) is 30.1 Å². The van der Waals surface area contributed by atoms with E-state index in [1.165, 1.54) is 31.3 Å². The molecule has 1 N–H and O–H groups in total. The maximum atomic E-state index is 12.9. The zero-order chi connectivity index (χ0) is 45.0. The van der Waals surface area contributed by atoms with Gasteiger partial charge in [-0.25, -0.2) is 9.59 Å². The summed E-state index contributed by atoms with van der Waals surface area (Å²) in [6, 6.07) is 0. The van der Waals surface area contributed by atoms with Gasteiger partial charge < -0.3 is 19.3 Å². The van der Waals surface area contributed by atoms with Crippen LogP contribution in [0.1, 0.15) is 167 Å². The number of fused-ring (bicyclic) bond motifs is 6. The first-order valence-corrected chi connectivity index (χ1v) is 34.8. The Morgan fingerprint density at radius 2 is 1.07 bits per heavy atom. The Kier molecular flexibility index (Phi) is 15.4. The molecule has 0 amide bonds. The Balaban J connectivity index is 0.000000185. The van der Waals surface area contributed by atoms with Crippen molar-refractivity contribution >= 4 is 60.7 Å². The van der Waals surface area contributed by atoms with Crippen LogP contribution in [0.25, 0.3) is 0 Å². The van der Waals surface area contributed by atoms with Gasteiger partial charge in [0.1, 0.15) is 17.3 Å². The van der Waals surface area contributed by atoms with Crippen molar-refractivity contribution in [2.75, 3.05) is 0 Å². The van der Waals surface area contributed by atoms with Gasteiger partial charge in [-0.15, -0.1) is 0 Å². The van der Waals surface area contributed by atoms with Crippen molar-refractivity contribution in [3.05, 3.63) is 46.0 Å². The molecule has 4 saturated carbocycles.